The van der Waals surface area contributed by atoms with Crippen LogP contribution in [-0.2, 0) is 4.79 Å². The molecule has 7 heteroatoms. The molecule has 0 aromatic heterocycles. The van der Waals surface area contributed by atoms with Crippen LogP contribution in [0.25, 0.3) is 0 Å². The molecule has 0 heterocycles. The van der Waals surface area contributed by atoms with Crippen LogP contribution in [0.2, 0.25) is 0 Å². The Kier molecular flexibility index (Phi) is 6.10. The number of amides is 1. The Morgan fingerprint density at radius 1 is 1.38 bits per heavy atom. The van der Waals surface area contributed by atoms with Crippen LogP contribution in [0.1, 0.15) is 25.7 Å². The Labute approximate surface area is 98.4 Å². The fraction of sp³-hybridized carbons (Fsp3) is 0.889. The van der Waals surface area contributed by atoms with Crippen LogP contribution < -0.4 is 11.1 Å². The summed E-state index contributed by atoms with van der Waals surface area (Å²) in [5, 5.41) is 1.96. The SMILES string of the molecule is Cl.NCC(=O)NC(C1CCCC1)C(F)(F)F. The third-order valence-corrected chi connectivity index (χ3v) is 2.73. The monoisotopic (exact) mass is 260 g/mol. The summed E-state index contributed by atoms with van der Waals surface area (Å²) in [6.45, 7) is -0.403. The van der Waals surface area contributed by atoms with E-state index in [4.69, 9.17) is 5.73 Å². The zero-order valence-electron chi connectivity index (χ0n) is 8.72. The second kappa shape index (κ2) is 6.30. The summed E-state index contributed by atoms with van der Waals surface area (Å²) in [4.78, 5) is 10.9. The van der Waals surface area contributed by atoms with Crippen LogP contribution in [0.4, 0.5) is 13.2 Å². The number of nitrogens with one attached hydrogen (secondary N) is 1. The van der Waals surface area contributed by atoms with E-state index in [9.17, 15) is 18.0 Å². The van der Waals surface area contributed by atoms with Gasteiger partial charge in [0, 0.05) is 0 Å². The maximum atomic E-state index is 12.6. The summed E-state index contributed by atoms with van der Waals surface area (Å²) in [7, 11) is 0. The molecule has 0 aromatic rings. The lowest BCUT2D eigenvalue weighted by molar-refractivity contribution is -0.171. The largest absolute Gasteiger partial charge is 0.408 e. The van der Waals surface area contributed by atoms with E-state index in [0.717, 1.165) is 12.8 Å². The Morgan fingerprint density at radius 3 is 2.25 bits per heavy atom. The summed E-state index contributed by atoms with van der Waals surface area (Å²) in [5.41, 5.74) is 4.98. The molecular weight excluding hydrogens is 245 g/mol. The molecular formula is C9H16ClF3N2O. The van der Waals surface area contributed by atoms with Gasteiger partial charge in [0.15, 0.2) is 0 Å². The molecule has 0 spiro atoms. The van der Waals surface area contributed by atoms with Crippen molar-refractivity contribution in [1.29, 1.82) is 0 Å². The van der Waals surface area contributed by atoms with Gasteiger partial charge in [0.25, 0.3) is 0 Å². The van der Waals surface area contributed by atoms with Gasteiger partial charge in [0.05, 0.1) is 6.54 Å². The highest BCUT2D eigenvalue weighted by Crippen LogP contribution is 2.35. The van der Waals surface area contributed by atoms with Gasteiger partial charge in [-0.15, -0.1) is 12.4 Å². The summed E-state index contributed by atoms with van der Waals surface area (Å²) >= 11 is 0. The molecule has 3 N–H and O–H groups in total. The molecule has 0 radical (unpaired) electrons. The van der Waals surface area contributed by atoms with E-state index in [2.05, 4.69) is 0 Å². The van der Waals surface area contributed by atoms with E-state index < -0.39 is 30.6 Å². The van der Waals surface area contributed by atoms with Gasteiger partial charge in [-0.25, -0.2) is 0 Å². The topological polar surface area (TPSA) is 55.1 Å². The van der Waals surface area contributed by atoms with Crippen LogP contribution in [0.15, 0.2) is 0 Å². The first-order chi connectivity index (χ1) is 6.95. The van der Waals surface area contributed by atoms with Crippen LogP contribution in [-0.4, -0.2) is 24.7 Å². The van der Waals surface area contributed by atoms with Crippen molar-refractivity contribution >= 4 is 18.3 Å². The van der Waals surface area contributed by atoms with Gasteiger partial charge >= 0.3 is 6.18 Å². The van der Waals surface area contributed by atoms with Gasteiger partial charge in [0.2, 0.25) is 5.91 Å². The molecule has 1 aliphatic rings. The fourth-order valence-corrected chi connectivity index (χ4v) is 1.99. The van der Waals surface area contributed by atoms with E-state index in [0.29, 0.717) is 12.8 Å². The number of rotatable bonds is 3. The minimum absolute atomic E-state index is 0. The van der Waals surface area contributed by atoms with Crippen molar-refractivity contribution in [2.75, 3.05) is 6.54 Å². The third kappa shape index (κ3) is 4.17. The van der Waals surface area contributed by atoms with E-state index in [-0.39, 0.29) is 12.4 Å². The van der Waals surface area contributed by atoms with Gasteiger partial charge in [0.1, 0.15) is 6.04 Å². The predicted octanol–water partition coefficient (Wildman–Crippen LogP) is 1.60. The normalized spacial score (nSPS) is 19.0. The first-order valence-corrected chi connectivity index (χ1v) is 5.01. The molecule has 1 saturated carbocycles. The second-order valence-corrected chi connectivity index (χ2v) is 3.84. The number of hydrogen-bond acceptors (Lipinski definition) is 2. The summed E-state index contributed by atoms with van der Waals surface area (Å²) < 4.78 is 37.8. The molecule has 1 rings (SSSR count). The summed E-state index contributed by atoms with van der Waals surface area (Å²) in [5.74, 6) is -1.23. The quantitative estimate of drug-likeness (QED) is 0.810. The third-order valence-electron chi connectivity index (χ3n) is 2.73. The van der Waals surface area contributed by atoms with Gasteiger partial charge < -0.3 is 11.1 Å². The lowest BCUT2D eigenvalue weighted by atomic mass is 9.97. The predicted molar refractivity (Wildman–Crippen MR) is 56.2 cm³/mol. The van der Waals surface area contributed by atoms with Crippen LogP contribution in [0, 0.1) is 5.92 Å². The Balaban J connectivity index is 0.00000225. The second-order valence-electron chi connectivity index (χ2n) is 3.84. The van der Waals surface area contributed by atoms with E-state index in [1.54, 1.807) is 0 Å². The highest BCUT2D eigenvalue weighted by Gasteiger charge is 2.45. The zero-order valence-corrected chi connectivity index (χ0v) is 9.53. The fourth-order valence-electron chi connectivity index (χ4n) is 1.99. The van der Waals surface area contributed by atoms with Gasteiger partial charge in [-0.05, 0) is 18.8 Å². The van der Waals surface area contributed by atoms with Crippen LogP contribution in [0.3, 0.4) is 0 Å². The Morgan fingerprint density at radius 2 is 1.88 bits per heavy atom. The van der Waals surface area contributed by atoms with Crippen molar-refractivity contribution in [3.05, 3.63) is 0 Å². The molecule has 0 aliphatic heterocycles. The van der Waals surface area contributed by atoms with E-state index in [1.807, 2.05) is 5.32 Å². The molecule has 3 nitrogen and oxygen atoms in total. The zero-order chi connectivity index (χ0) is 11.5. The van der Waals surface area contributed by atoms with Gasteiger partial charge in [-0.3, -0.25) is 4.79 Å². The average Bonchev–Trinajstić information content (AvgIpc) is 2.64. The molecule has 96 valence electrons. The molecule has 0 saturated heterocycles. The average molecular weight is 261 g/mol. The maximum Gasteiger partial charge on any atom is 0.408 e. The summed E-state index contributed by atoms with van der Waals surface area (Å²) in [6.07, 6.45) is -1.73. The van der Waals surface area contributed by atoms with Gasteiger partial charge in [-0.2, -0.15) is 13.2 Å². The van der Waals surface area contributed by atoms with Gasteiger partial charge in [-0.1, -0.05) is 12.8 Å². The molecule has 1 amide bonds. The summed E-state index contributed by atoms with van der Waals surface area (Å²) in [6, 6.07) is -1.73. The number of carbonyl (C=O) groups excluding carboxylic acids is 1. The van der Waals surface area contributed by atoms with Crippen molar-refractivity contribution in [3.8, 4) is 0 Å². The first-order valence-electron chi connectivity index (χ1n) is 5.01. The standard InChI is InChI=1S/C9H15F3N2O.ClH/c10-9(11,12)8(14-7(15)5-13)6-3-1-2-4-6;/h6,8H,1-5,13H2,(H,14,15);1H. The molecule has 0 bridgehead atoms. The first kappa shape index (κ1) is 15.5. The smallest absolute Gasteiger partial charge is 0.343 e. The number of carbonyl (C=O) groups is 1. The minimum Gasteiger partial charge on any atom is -0.343 e. The van der Waals surface area contributed by atoms with Crippen molar-refractivity contribution in [1.82, 2.24) is 5.32 Å². The lowest BCUT2D eigenvalue weighted by Crippen LogP contribution is -2.51. The molecule has 1 aliphatic carbocycles. The number of alkyl halides is 3. The molecule has 1 fully saturated rings. The van der Waals surface area contributed by atoms with Crippen LogP contribution in [0.5, 0.6) is 0 Å². The van der Waals surface area contributed by atoms with E-state index in [1.165, 1.54) is 0 Å². The van der Waals surface area contributed by atoms with Crippen molar-refractivity contribution in [3.63, 3.8) is 0 Å². The highest BCUT2D eigenvalue weighted by atomic mass is 35.5. The lowest BCUT2D eigenvalue weighted by Gasteiger charge is -2.26. The number of halogens is 4. The number of nitrogens with two attached hydrogens (primary N) is 1. The van der Waals surface area contributed by atoms with Crippen LogP contribution >= 0.6 is 12.4 Å². The Hall–Kier alpha value is -0.490. The van der Waals surface area contributed by atoms with Crippen molar-refractivity contribution in [2.45, 2.75) is 37.9 Å². The van der Waals surface area contributed by atoms with Crippen molar-refractivity contribution < 1.29 is 18.0 Å². The molecule has 0 aromatic carbocycles. The molecule has 1 atom stereocenters. The minimum atomic E-state index is -4.38. The maximum absolute atomic E-state index is 12.6. The van der Waals surface area contributed by atoms with Crippen molar-refractivity contribution in [2.24, 2.45) is 11.7 Å². The highest BCUT2D eigenvalue weighted by molar-refractivity contribution is 5.85. The Bertz CT molecular complexity index is 229. The van der Waals surface area contributed by atoms with E-state index >= 15 is 0 Å². The molecule has 16 heavy (non-hydrogen) atoms. The molecule has 1 unspecified atom stereocenters. The number of hydrogen-bond donors (Lipinski definition) is 2.